The first-order chi connectivity index (χ1) is 6.77. The zero-order valence-electron chi connectivity index (χ0n) is 8.72. The Morgan fingerprint density at radius 1 is 1.14 bits per heavy atom. The van der Waals surface area contributed by atoms with Gasteiger partial charge in [-0.1, -0.05) is 25.7 Å². The van der Waals surface area contributed by atoms with Crippen molar-refractivity contribution in [1.82, 2.24) is 5.32 Å². The number of amides is 1. The van der Waals surface area contributed by atoms with Gasteiger partial charge in [-0.25, -0.2) is 0 Å². The van der Waals surface area contributed by atoms with E-state index in [1.807, 2.05) is 0 Å². The van der Waals surface area contributed by atoms with E-state index in [9.17, 15) is 4.79 Å². The molecule has 0 aromatic carbocycles. The van der Waals surface area contributed by atoms with Crippen LogP contribution in [0.25, 0.3) is 0 Å². The summed E-state index contributed by atoms with van der Waals surface area (Å²) in [5.74, 6) is 2.21. The van der Waals surface area contributed by atoms with Gasteiger partial charge in [0.15, 0.2) is 0 Å². The van der Waals surface area contributed by atoms with Gasteiger partial charge in [0.25, 0.3) is 0 Å². The number of carbonyl (C=O) groups is 1. The highest BCUT2D eigenvalue weighted by Gasteiger charge is 2.49. The van der Waals surface area contributed by atoms with Gasteiger partial charge in [-0.2, -0.15) is 0 Å². The molecule has 1 saturated heterocycles. The van der Waals surface area contributed by atoms with E-state index in [1.54, 1.807) is 0 Å². The Balaban J connectivity index is 1.76. The molecule has 1 heterocycles. The molecule has 2 aliphatic carbocycles. The summed E-state index contributed by atoms with van der Waals surface area (Å²) in [5, 5.41) is 3.02. The van der Waals surface area contributed by atoms with Crippen LogP contribution in [0.15, 0.2) is 0 Å². The smallest absolute Gasteiger partial charge is 0.220 e. The van der Waals surface area contributed by atoms with Crippen LogP contribution in [0.5, 0.6) is 0 Å². The van der Waals surface area contributed by atoms with Gasteiger partial charge in [0.2, 0.25) is 5.91 Å². The van der Waals surface area contributed by atoms with E-state index in [0.717, 1.165) is 24.8 Å². The van der Waals surface area contributed by atoms with Crippen molar-refractivity contribution in [2.75, 3.05) is 6.54 Å². The molecule has 3 fully saturated rings. The molecule has 14 heavy (non-hydrogen) atoms. The van der Waals surface area contributed by atoms with Crippen molar-refractivity contribution in [1.29, 1.82) is 0 Å². The first-order valence-electron chi connectivity index (χ1n) is 6.04. The summed E-state index contributed by atoms with van der Waals surface area (Å²) in [5.41, 5.74) is 0.386. The van der Waals surface area contributed by atoms with E-state index in [1.165, 1.54) is 38.5 Å². The van der Waals surface area contributed by atoms with Crippen molar-refractivity contribution in [3.63, 3.8) is 0 Å². The van der Waals surface area contributed by atoms with E-state index < -0.39 is 0 Å². The third-order valence-electron chi connectivity index (χ3n) is 4.65. The van der Waals surface area contributed by atoms with Crippen LogP contribution in [0, 0.1) is 17.3 Å². The van der Waals surface area contributed by atoms with Crippen molar-refractivity contribution in [2.24, 2.45) is 17.3 Å². The number of hydrogen-bond donors (Lipinski definition) is 1. The predicted octanol–water partition coefficient (Wildman–Crippen LogP) is 2.09. The molecule has 3 atom stereocenters. The molecular weight excluding hydrogens is 174 g/mol. The summed E-state index contributed by atoms with van der Waals surface area (Å²) >= 11 is 0. The first kappa shape index (κ1) is 8.75. The molecule has 0 aromatic rings. The van der Waals surface area contributed by atoms with E-state index >= 15 is 0 Å². The van der Waals surface area contributed by atoms with Crippen molar-refractivity contribution in [3.8, 4) is 0 Å². The van der Waals surface area contributed by atoms with Gasteiger partial charge in [-0.3, -0.25) is 4.79 Å². The van der Waals surface area contributed by atoms with Crippen molar-refractivity contribution < 1.29 is 4.79 Å². The minimum atomic E-state index is 0.295. The fraction of sp³-hybridized carbons (Fsp3) is 0.917. The second-order valence-corrected chi connectivity index (χ2v) is 5.67. The van der Waals surface area contributed by atoms with Gasteiger partial charge in [0.1, 0.15) is 0 Å². The Morgan fingerprint density at radius 3 is 2.29 bits per heavy atom. The minimum Gasteiger partial charge on any atom is -0.356 e. The molecular formula is C12H19NO. The first-order valence-corrected chi connectivity index (χ1v) is 6.04. The largest absolute Gasteiger partial charge is 0.356 e. The van der Waals surface area contributed by atoms with Crippen LogP contribution in [0.3, 0.4) is 0 Å². The van der Waals surface area contributed by atoms with Gasteiger partial charge < -0.3 is 5.32 Å². The van der Waals surface area contributed by atoms with E-state index in [2.05, 4.69) is 5.32 Å². The molecule has 1 aliphatic heterocycles. The van der Waals surface area contributed by atoms with Crippen LogP contribution in [0.1, 0.15) is 44.9 Å². The highest BCUT2D eigenvalue weighted by molar-refractivity contribution is 5.79. The third-order valence-corrected chi connectivity index (χ3v) is 4.65. The number of nitrogens with one attached hydrogen (secondary N) is 1. The summed E-state index contributed by atoms with van der Waals surface area (Å²) in [6.07, 6.45) is 9.20. The SMILES string of the molecule is O=C1C[C@]2(CN1)C[C@H]1CCCC[C@H]1C2. The molecule has 0 aromatic heterocycles. The van der Waals surface area contributed by atoms with Crippen LogP contribution >= 0.6 is 0 Å². The molecule has 2 heteroatoms. The number of hydrogen-bond acceptors (Lipinski definition) is 1. The lowest BCUT2D eigenvalue weighted by molar-refractivity contribution is -0.119. The van der Waals surface area contributed by atoms with Crippen LogP contribution in [0.4, 0.5) is 0 Å². The zero-order chi connectivity index (χ0) is 9.60. The predicted molar refractivity (Wildman–Crippen MR) is 54.7 cm³/mol. The average molecular weight is 193 g/mol. The lowest BCUT2D eigenvalue weighted by Gasteiger charge is -2.24. The molecule has 0 unspecified atom stereocenters. The maximum atomic E-state index is 11.3. The monoisotopic (exact) mass is 193 g/mol. The van der Waals surface area contributed by atoms with E-state index in [-0.39, 0.29) is 0 Å². The summed E-state index contributed by atoms with van der Waals surface area (Å²) in [7, 11) is 0. The molecule has 0 bridgehead atoms. The lowest BCUT2D eigenvalue weighted by atomic mass is 9.82. The number of rotatable bonds is 0. The normalized spacial score (nSPS) is 46.7. The highest BCUT2D eigenvalue weighted by Crippen LogP contribution is 2.54. The lowest BCUT2D eigenvalue weighted by Crippen LogP contribution is -2.20. The fourth-order valence-electron chi connectivity index (χ4n) is 4.06. The molecule has 2 saturated carbocycles. The second-order valence-electron chi connectivity index (χ2n) is 5.67. The van der Waals surface area contributed by atoms with Gasteiger partial charge in [-0.15, -0.1) is 0 Å². The fourth-order valence-corrected chi connectivity index (χ4v) is 4.06. The van der Waals surface area contributed by atoms with E-state index in [0.29, 0.717) is 11.3 Å². The maximum Gasteiger partial charge on any atom is 0.220 e. The summed E-state index contributed by atoms with van der Waals surface area (Å²) in [4.78, 5) is 11.3. The van der Waals surface area contributed by atoms with Gasteiger partial charge in [0.05, 0.1) is 0 Å². The Labute approximate surface area is 85.4 Å². The highest BCUT2D eigenvalue weighted by atomic mass is 16.1. The Bertz CT molecular complexity index is 247. The standard InChI is InChI=1S/C12H19NO/c14-11-7-12(8-13-11)5-9-3-1-2-4-10(9)6-12/h9-10H,1-8H2,(H,13,14)/t9-,10+,12+. The summed E-state index contributed by atoms with van der Waals surface area (Å²) in [6.45, 7) is 0.971. The zero-order valence-corrected chi connectivity index (χ0v) is 8.72. The summed E-state index contributed by atoms with van der Waals surface area (Å²) < 4.78 is 0. The van der Waals surface area contributed by atoms with Crippen LogP contribution in [-0.2, 0) is 4.79 Å². The summed E-state index contributed by atoms with van der Waals surface area (Å²) in [6, 6.07) is 0. The minimum absolute atomic E-state index is 0.295. The van der Waals surface area contributed by atoms with Crippen molar-refractivity contribution in [3.05, 3.63) is 0 Å². The van der Waals surface area contributed by atoms with Crippen LogP contribution in [-0.4, -0.2) is 12.5 Å². The molecule has 1 N–H and O–H groups in total. The molecule has 1 amide bonds. The van der Waals surface area contributed by atoms with Crippen LogP contribution in [0.2, 0.25) is 0 Å². The molecule has 0 radical (unpaired) electrons. The maximum absolute atomic E-state index is 11.3. The van der Waals surface area contributed by atoms with Gasteiger partial charge >= 0.3 is 0 Å². The number of fused-ring (bicyclic) bond motifs is 1. The van der Waals surface area contributed by atoms with Crippen LogP contribution < -0.4 is 5.32 Å². The molecule has 3 rings (SSSR count). The second kappa shape index (κ2) is 2.98. The topological polar surface area (TPSA) is 29.1 Å². The molecule has 78 valence electrons. The van der Waals surface area contributed by atoms with Crippen molar-refractivity contribution in [2.45, 2.75) is 44.9 Å². The van der Waals surface area contributed by atoms with Gasteiger partial charge in [0, 0.05) is 13.0 Å². The average Bonchev–Trinajstić information content (AvgIpc) is 2.69. The molecule has 2 nitrogen and oxygen atoms in total. The third kappa shape index (κ3) is 1.27. The van der Waals surface area contributed by atoms with E-state index in [4.69, 9.17) is 0 Å². The Hall–Kier alpha value is -0.530. The van der Waals surface area contributed by atoms with Crippen molar-refractivity contribution >= 4 is 5.91 Å². The quantitative estimate of drug-likeness (QED) is 0.627. The van der Waals surface area contributed by atoms with Gasteiger partial charge in [-0.05, 0) is 30.1 Å². The Kier molecular flexibility index (Phi) is 1.86. The molecule has 3 aliphatic rings. The Morgan fingerprint density at radius 2 is 1.79 bits per heavy atom. The number of carbonyl (C=O) groups excluding carboxylic acids is 1. The molecule has 1 spiro atoms.